The predicted molar refractivity (Wildman–Crippen MR) is 104 cm³/mol. The number of quaternary nitrogens is 1. The van der Waals surface area contributed by atoms with Gasteiger partial charge in [-0.1, -0.05) is 24.3 Å². The quantitative estimate of drug-likeness (QED) is 0.618. The fraction of sp³-hybridized carbons (Fsp3) is 0.300. The van der Waals surface area contributed by atoms with Crippen LogP contribution in [0, 0.1) is 0 Å². The van der Waals surface area contributed by atoms with E-state index in [1.165, 1.54) is 0 Å². The normalized spacial score (nSPS) is 10.4. The van der Waals surface area contributed by atoms with Gasteiger partial charge in [0.15, 0.2) is 13.1 Å². The molecule has 7 heteroatoms. The second-order valence-corrected chi connectivity index (χ2v) is 5.95. The van der Waals surface area contributed by atoms with Crippen LogP contribution in [0.15, 0.2) is 48.5 Å². The number of hydrogen-bond acceptors (Lipinski definition) is 4. The molecule has 0 aromatic heterocycles. The van der Waals surface area contributed by atoms with Crippen LogP contribution in [0.25, 0.3) is 0 Å². The molecule has 0 unspecified atom stereocenters. The maximum absolute atomic E-state index is 12.4. The van der Waals surface area contributed by atoms with Gasteiger partial charge in [-0.3, -0.25) is 9.59 Å². The monoisotopic (exact) mass is 372 g/mol. The molecule has 0 aliphatic carbocycles. The van der Waals surface area contributed by atoms with Crippen molar-refractivity contribution in [1.82, 2.24) is 0 Å². The lowest BCUT2D eigenvalue weighted by molar-refractivity contribution is -0.881. The molecule has 0 aliphatic heterocycles. The number of likely N-dealkylation sites (N-methyl/N-ethyl adjacent to an activating group) is 1. The molecule has 2 amide bonds. The number of benzene rings is 2. The van der Waals surface area contributed by atoms with E-state index in [-0.39, 0.29) is 24.9 Å². The van der Waals surface area contributed by atoms with Crippen molar-refractivity contribution < 1.29 is 24.0 Å². The number of methoxy groups -OCH3 is 2. The molecule has 0 spiro atoms. The van der Waals surface area contributed by atoms with E-state index >= 15 is 0 Å². The zero-order valence-electron chi connectivity index (χ0n) is 15.9. The number of amides is 2. The first kappa shape index (κ1) is 20.3. The molecule has 0 bridgehead atoms. The molecule has 0 saturated heterocycles. The molecular formula is C20H26N3O4+. The first-order chi connectivity index (χ1) is 13.1. The van der Waals surface area contributed by atoms with E-state index in [0.29, 0.717) is 29.4 Å². The molecule has 0 atom stereocenters. The van der Waals surface area contributed by atoms with Crippen LogP contribution < -0.4 is 25.0 Å². The van der Waals surface area contributed by atoms with Crippen LogP contribution >= 0.6 is 0 Å². The summed E-state index contributed by atoms with van der Waals surface area (Å²) in [5.74, 6) is 0.832. The molecule has 27 heavy (non-hydrogen) atoms. The van der Waals surface area contributed by atoms with Crippen LogP contribution in [-0.2, 0) is 9.59 Å². The third-order valence-corrected chi connectivity index (χ3v) is 4.08. The molecule has 2 aromatic carbocycles. The van der Waals surface area contributed by atoms with Gasteiger partial charge in [0.25, 0.3) is 11.8 Å². The van der Waals surface area contributed by atoms with Gasteiger partial charge < -0.3 is 25.0 Å². The van der Waals surface area contributed by atoms with Gasteiger partial charge in [0.2, 0.25) is 0 Å². The highest BCUT2D eigenvalue weighted by molar-refractivity contribution is 5.94. The summed E-state index contributed by atoms with van der Waals surface area (Å²) >= 11 is 0. The summed E-state index contributed by atoms with van der Waals surface area (Å²) in [4.78, 5) is 25.5. The Morgan fingerprint density at radius 1 is 0.815 bits per heavy atom. The Hall–Kier alpha value is -3.06. The number of para-hydroxylation sites is 4. The minimum atomic E-state index is -0.179. The van der Waals surface area contributed by atoms with Gasteiger partial charge in [0.05, 0.1) is 32.1 Å². The fourth-order valence-electron chi connectivity index (χ4n) is 2.65. The van der Waals surface area contributed by atoms with Gasteiger partial charge in [0, 0.05) is 0 Å². The third kappa shape index (κ3) is 6.00. The van der Waals surface area contributed by atoms with Gasteiger partial charge in [-0.15, -0.1) is 0 Å². The van der Waals surface area contributed by atoms with Crippen molar-refractivity contribution >= 4 is 23.2 Å². The maximum atomic E-state index is 12.4. The third-order valence-electron chi connectivity index (χ3n) is 4.08. The second kappa shape index (κ2) is 10.2. The summed E-state index contributed by atoms with van der Waals surface area (Å²) in [5, 5.41) is 5.66. The fourth-order valence-corrected chi connectivity index (χ4v) is 2.65. The Labute approximate surface area is 159 Å². The highest BCUT2D eigenvalue weighted by Gasteiger charge is 2.18. The Morgan fingerprint density at radius 2 is 1.22 bits per heavy atom. The van der Waals surface area contributed by atoms with Crippen molar-refractivity contribution in [3.63, 3.8) is 0 Å². The van der Waals surface area contributed by atoms with Gasteiger partial charge in [0.1, 0.15) is 11.5 Å². The first-order valence-corrected chi connectivity index (χ1v) is 8.76. The van der Waals surface area contributed by atoms with Gasteiger partial charge in [-0.2, -0.15) is 0 Å². The molecule has 2 rings (SSSR count). The Kier molecular flexibility index (Phi) is 7.63. The first-order valence-electron chi connectivity index (χ1n) is 8.76. The second-order valence-electron chi connectivity index (χ2n) is 5.95. The molecule has 0 aliphatic rings. The van der Waals surface area contributed by atoms with Crippen molar-refractivity contribution in [2.45, 2.75) is 6.92 Å². The SMILES string of the molecule is CC[NH+](CC(=O)Nc1ccccc1OC)CC(=O)Nc1ccccc1OC. The standard InChI is InChI=1S/C20H25N3O4/c1-4-23(13-19(24)21-15-9-5-7-11-17(15)26-2)14-20(25)22-16-10-6-8-12-18(16)27-3/h5-12H,4,13-14H2,1-3H3,(H,21,24)(H,22,25)/p+1. The lowest BCUT2D eigenvalue weighted by Gasteiger charge is -2.18. The highest BCUT2D eigenvalue weighted by Crippen LogP contribution is 2.23. The van der Waals surface area contributed by atoms with Crippen LogP contribution in [0.5, 0.6) is 11.5 Å². The number of carbonyl (C=O) groups excluding carboxylic acids is 2. The number of anilines is 2. The van der Waals surface area contributed by atoms with Crippen LogP contribution in [-0.4, -0.2) is 45.7 Å². The van der Waals surface area contributed by atoms with Gasteiger partial charge >= 0.3 is 0 Å². The zero-order chi connectivity index (χ0) is 19.6. The summed E-state index contributed by atoms with van der Waals surface area (Å²) in [5.41, 5.74) is 1.22. The molecule has 0 radical (unpaired) electrons. The molecule has 144 valence electrons. The molecule has 0 fully saturated rings. The molecule has 0 heterocycles. The van der Waals surface area contributed by atoms with E-state index < -0.39 is 0 Å². The average Bonchev–Trinajstić information content (AvgIpc) is 2.68. The lowest BCUT2D eigenvalue weighted by atomic mass is 10.3. The van der Waals surface area contributed by atoms with Gasteiger partial charge in [-0.25, -0.2) is 0 Å². The molecular weight excluding hydrogens is 346 g/mol. The number of rotatable bonds is 9. The van der Waals surface area contributed by atoms with Crippen molar-refractivity contribution in [2.24, 2.45) is 0 Å². The van der Waals surface area contributed by atoms with E-state index in [9.17, 15) is 9.59 Å². The van der Waals surface area contributed by atoms with E-state index in [1.807, 2.05) is 31.2 Å². The van der Waals surface area contributed by atoms with Crippen molar-refractivity contribution in [2.75, 3.05) is 44.5 Å². The summed E-state index contributed by atoms with van der Waals surface area (Å²) in [6, 6.07) is 14.4. The smallest absolute Gasteiger partial charge is 0.279 e. The maximum Gasteiger partial charge on any atom is 0.279 e. The number of hydrogen-bond donors (Lipinski definition) is 3. The molecule has 2 aromatic rings. The summed E-state index contributed by atoms with van der Waals surface area (Å²) < 4.78 is 10.5. The summed E-state index contributed by atoms with van der Waals surface area (Å²) in [6.45, 7) is 2.92. The topological polar surface area (TPSA) is 81.1 Å². The average molecular weight is 372 g/mol. The minimum Gasteiger partial charge on any atom is -0.495 e. The Balaban J connectivity index is 1.92. The number of ether oxygens (including phenoxy) is 2. The van der Waals surface area contributed by atoms with E-state index in [4.69, 9.17) is 9.47 Å². The molecule has 7 nitrogen and oxygen atoms in total. The molecule has 0 saturated carbocycles. The van der Waals surface area contributed by atoms with E-state index in [2.05, 4.69) is 10.6 Å². The van der Waals surface area contributed by atoms with Crippen molar-refractivity contribution in [3.05, 3.63) is 48.5 Å². The predicted octanol–water partition coefficient (Wildman–Crippen LogP) is 1.19. The Morgan fingerprint density at radius 3 is 1.59 bits per heavy atom. The van der Waals surface area contributed by atoms with Crippen LogP contribution in [0.4, 0.5) is 11.4 Å². The number of carbonyl (C=O) groups is 2. The Bertz CT molecular complexity index is 716. The van der Waals surface area contributed by atoms with Crippen molar-refractivity contribution in [3.8, 4) is 11.5 Å². The largest absolute Gasteiger partial charge is 0.495 e. The van der Waals surface area contributed by atoms with E-state index in [0.717, 1.165) is 4.90 Å². The summed E-state index contributed by atoms with van der Waals surface area (Å²) in [7, 11) is 3.10. The van der Waals surface area contributed by atoms with Crippen molar-refractivity contribution in [1.29, 1.82) is 0 Å². The highest BCUT2D eigenvalue weighted by atomic mass is 16.5. The van der Waals surface area contributed by atoms with Crippen LogP contribution in [0.1, 0.15) is 6.92 Å². The minimum absolute atomic E-state index is 0.174. The summed E-state index contributed by atoms with van der Waals surface area (Å²) in [6.07, 6.45) is 0. The number of nitrogens with one attached hydrogen (secondary N) is 3. The lowest BCUT2D eigenvalue weighted by Crippen LogP contribution is -3.13. The molecule has 3 N–H and O–H groups in total. The van der Waals surface area contributed by atoms with E-state index in [1.54, 1.807) is 38.5 Å². The van der Waals surface area contributed by atoms with Crippen LogP contribution in [0.2, 0.25) is 0 Å². The van der Waals surface area contributed by atoms with Crippen LogP contribution in [0.3, 0.4) is 0 Å². The van der Waals surface area contributed by atoms with Gasteiger partial charge in [-0.05, 0) is 31.2 Å². The zero-order valence-corrected chi connectivity index (χ0v) is 15.9.